The Balaban J connectivity index is 1.05. The maximum absolute atomic E-state index is 12.5. The zero-order valence-corrected chi connectivity index (χ0v) is 19.1. The minimum Gasteiger partial charge on any atom is -0.444 e. The van der Waals surface area contributed by atoms with Crippen molar-refractivity contribution in [3.63, 3.8) is 0 Å². The second-order valence-corrected chi connectivity index (χ2v) is 9.76. The molecule has 2 amide bonds. The fraction of sp³-hybridized carbons (Fsp3) is 0.333. The number of rotatable bonds is 6. The summed E-state index contributed by atoms with van der Waals surface area (Å²) >= 11 is 1.49. The number of hydrogen-bond acceptors (Lipinski definition) is 7. The van der Waals surface area contributed by atoms with Crippen LogP contribution in [0.15, 0.2) is 52.3 Å². The third-order valence-electron chi connectivity index (χ3n) is 6.56. The molecule has 5 heterocycles. The highest BCUT2D eigenvalue weighted by Crippen LogP contribution is 2.36. The van der Waals surface area contributed by atoms with Gasteiger partial charge in [0.05, 0.1) is 29.0 Å². The Morgan fingerprint density at radius 2 is 2.06 bits per heavy atom. The number of pyridine rings is 2. The van der Waals surface area contributed by atoms with Crippen LogP contribution in [0.3, 0.4) is 0 Å². The summed E-state index contributed by atoms with van der Waals surface area (Å²) < 4.78 is 7.39. The van der Waals surface area contributed by atoms with E-state index in [0.717, 1.165) is 39.4 Å². The van der Waals surface area contributed by atoms with E-state index in [0.29, 0.717) is 31.8 Å². The van der Waals surface area contributed by atoms with Gasteiger partial charge >= 0.3 is 6.09 Å². The number of carbonyl (C=O) groups excluding carboxylic acids is 2. The molecule has 3 aromatic rings. The third-order valence-corrected chi connectivity index (χ3v) is 7.64. The van der Waals surface area contributed by atoms with Gasteiger partial charge in [0, 0.05) is 41.9 Å². The van der Waals surface area contributed by atoms with E-state index in [1.165, 1.54) is 11.8 Å². The zero-order chi connectivity index (χ0) is 23.2. The van der Waals surface area contributed by atoms with Crippen LogP contribution in [-0.4, -0.2) is 53.0 Å². The highest BCUT2D eigenvalue weighted by atomic mass is 32.2. The van der Waals surface area contributed by atoms with Crippen molar-refractivity contribution in [2.75, 3.05) is 35.6 Å². The second kappa shape index (κ2) is 8.44. The first-order valence-corrected chi connectivity index (χ1v) is 12.3. The molecule has 3 aliphatic rings. The molecule has 1 aromatic carbocycles. The number of nitrogens with one attached hydrogen (secondary N) is 2. The summed E-state index contributed by atoms with van der Waals surface area (Å²) in [5, 5.41) is 6.33. The Kier molecular flexibility index (Phi) is 5.26. The predicted octanol–water partition coefficient (Wildman–Crippen LogP) is 2.54. The number of carbonyl (C=O) groups is 2. The number of benzene rings is 1. The number of ether oxygens (including phenoxy) is 1. The van der Waals surface area contributed by atoms with Gasteiger partial charge in [-0.15, -0.1) is 11.8 Å². The molecule has 0 bridgehead atoms. The first-order valence-electron chi connectivity index (χ1n) is 11.3. The number of aromatic nitrogens is 2. The summed E-state index contributed by atoms with van der Waals surface area (Å²) in [7, 11) is 0. The molecule has 9 nitrogen and oxygen atoms in total. The summed E-state index contributed by atoms with van der Waals surface area (Å²) in [4.78, 5) is 43.4. The Bertz CT molecular complexity index is 1370. The van der Waals surface area contributed by atoms with Crippen molar-refractivity contribution >= 4 is 46.2 Å². The first-order chi connectivity index (χ1) is 16.6. The molecule has 174 valence electrons. The summed E-state index contributed by atoms with van der Waals surface area (Å²) in [6.07, 6.45) is 1.90. The molecule has 1 fully saturated rings. The van der Waals surface area contributed by atoms with Crippen molar-refractivity contribution in [3.8, 4) is 0 Å². The minimum absolute atomic E-state index is 0.00236. The van der Waals surface area contributed by atoms with E-state index in [4.69, 9.17) is 4.74 Å². The Morgan fingerprint density at radius 3 is 2.97 bits per heavy atom. The van der Waals surface area contributed by atoms with Crippen molar-refractivity contribution in [1.82, 2.24) is 14.9 Å². The van der Waals surface area contributed by atoms with Crippen LogP contribution in [0.1, 0.15) is 17.9 Å². The van der Waals surface area contributed by atoms with Gasteiger partial charge in [0.1, 0.15) is 6.10 Å². The third kappa shape index (κ3) is 3.72. The van der Waals surface area contributed by atoms with Gasteiger partial charge in [-0.25, -0.2) is 4.79 Å². The highest BCUT2D eigenvalue weighted by molar-refractivity contribution is 8.00. The molecule has 1 saturated heterocycles. The van der Waals surface area contributed by atoms with Crippen LogP contribution >= 0.6 is 11.8 Å². The molecule has 2 aromatic heterocycles. The number of hydrogen-bond donors (Lipinski definition) is 2. The largest absolute Gasteiger partial charge is 0.444 e. The highest BCUT2D eigenvalue weighted by Gasteiger charge is 2.33. The van der Waals surface area contributed by atoms with Crippen LogP contribution in [0.2, 0.25) is 0 Å². The van der Waals surface area contributed by atoms with E-state index < -0.39 is 0 Å². The number of fused-ring (bicyclic) bond motifs is 1. The summed E-state index contributed by atoms with van der Waals surface area (Å²) in [6.45, 7) is 2.53. The molecule has 0 unspecified atom stereocenters. The maximum atomic E-state index is 12.5. The lowest BCUT2D eigenvalue weighted by molar-refractivity contribution is -0.113. The van der Waals surface area contributed by atoms with Crippen LogP contribution in [-0.2, 0) is 16.1 Å². The van der Waals surface area contributed by atoms with Crippen LogP contribution < -0.4 is 21.1 Å². The van der Waals surface area contributed by atoms with Crippen molar-refractivity contribution in [3.05, 3.63) is 58.5 Å². The second-order valence-electron chi connectivity index (χ2n) is 8.74. The van der Waals surface area contributed by atoms with E-state index in [2.05, 4.69) is 15.6 Å². The van der Waals surface area contributed by atoms with Crippen LogP contribution in [0.4, 0.5) is 16.2 Å². The van der Waals surface area contributed by atoms with E-state index in [1.54, 1.807) is 27.8 Å². The van der Waals surface area contributed by atoms with Crippen LogP contribution in [0.5, 0.6) is 0 Å². The number of cyclic esters (lactones) is 1. The van der Waals surface area contributed by atoms with Gasteiger partial charge in [0.25, 0.3) is 5.56 Å². The predicted molar refractivity (Wildman–Crippen MR) is 130 cm³/mol. The minimum atomic E-state index is -0.371. The lowest BCUT2D eigenvalue weighted by Gasteiger charge is -2.20. The fourth-order valence-electron chi connectivity index (χ4n) is 4.92. The molecule has 10 heteroatoms. The van der Waals surface area contributed by atoms with Crippen molar-refractivity contribution in [2.24, 2.45) is 0 Å². The van der Waals surface area contributed by atoms with Gasteiger partial charge in [0.15, 0.2) is 0 Å². The number of nitrogens with zero attached hydrogens (tertiary/aromatic N) is 3. The van der Waals surface area contributed by atoms with Gasteiger partial charge in [0.2, 0.25) is 5.91 Å². The van der Waals surface area contributed by atoms with Crippen LogP contribution in [0.25, 0.3) is 11.0 Å². The lowest BCUT2D eigenvalue weighted by Crippen LogP contribution is -2.28. The van der Waals surface area contributed by atoms with Crippen LogP contribution in [0, 0.1) is 0 Å². The normalized spacial score (nSPS) is 21.0. The molecular weight excluding hydrogens is 454 g/mol. The topological polar surface area (TPSA) is 106 Å². The van der Waals surface area contributed by atoms with Gasteiger partial charge in [-0.3, -0.25) is 19.5 Å². The average molecular weight is 478 g/mol. The smallest absolute Gasteiger partial charge is 0.414 e. The van der Waals surface area contributed by atoms with E-state index in [9.17, 15) is 14.4 Å². The van der Waals surface area contributed by atoms with Gasteiger partial charge in [-0.05, 0) is 48.9 Å². The Hall–Kier alpha value is -3.37. The molecule has 3 aliphatic heterocycles. The summed E-state index contributed by atoms with van der Waals surface area (Å²) in [5.74, 6) is 0.570. The summed E-state index contributed by atoms with van der Waals surface area (Å²) in [5.41, 5.74) is 4.38. The number of amides is 2. The molecule has 0 saturated carbocycles. The molecule has 6 rings (SSSR count). The monoisotopic (exact) mass is 477 g/mol. The lowest BCUT2D eigenvalue weighted by atomic mass is 10.0. The quantitative estimate of drug-likeness (QED) is 0.526. The molecule has 2 N–H and O–H groups in total. The van der Waals surface area contributed by atoms with E-state index >= 15 is 0 Å². The maximum Gasteiger partial charge on any atom is 0.414 e. The molecule has 34 heavy (non-hydrogen) atoms. The SMILES string of the molecule is O=C1CSc2ccc(N3C[C@@H](CCNC[C@H]4Cn5c(=O)ccc6nccc4c65)OC3=O)cc2N1. The molecule has 0 spiro atoms. The van der Waals surface area contributed by atoms with Gasteiger partial charge in [-0.1, -0.05) is 0 Å². The average Bonchev–Trinajstić information content (AvgIpc) is 3.40. The van der Waals surface area contributed by atoms with Gasteiger partial charge in [-0.2, -0.15) is 0 Å². The Labute approximate surface area is 199 Å². The first kappa shape index (κ1) is 21.2. The molecule has 0 aliphatic carbocycles. The van der Waals surface area contributed by atoms with E-state index in [-0.39, 0.29) is 29.6 Å². The zero-order valence-electron chi connectivity index (χ0n) is 18.3. The molecule has 2 atom stereocenters. The van der Waals surface area contributed by atoms with Crippen molar-refractivity contribution in [1.29, 1.82) is 0 Å². The van der Waals surface area contributed by atoms with Crippen molar-refractivity contribution in [2.45, 2.75) is 29.9 Å². The van der Waals surface area contributed by atoms with E-state index in [1.807, 2.05) is 24.3 Å². The fourth-order valence-corrected chi connectivity index (χ4v) is 5.71. The molecular formula is C24H23N5O4S. The molecule has 0 radical (unpaired) electrons. The van der Waals surface area contributed by atoms with Crippen molar-refractivity contribution < 1.29 is 14.3 Å². The Morgan fingerprint density at radius 1 is 1.15 bits per heavy atom. The standard InChI is InChI=1S/C24H23N5O4S/c30-21-13-34-20-3-1-15(9-19(20)27-21)28-12-16(33-24(28)32)5-7-25-10-14-11-29-22(31)4-2-18-23(29)17(14)6-8-26-18/h1-4,6,8-9,14,16,25H,5,7,10-13H2,(H,27,30)/t14-,16+/m0/s1. The summed E-state index contributed by atoms with van der Waals surface area (Å²) in [6, 6.07) is 11.0. The number of anilines is 2. The number of thioether (sulfide) groups is 1. The van der Waals surface area contributed by atoms with Gasteiger partial charge < -0.3 is 19.9 Å².